The smallest absolute Gasteiger partial charge is 0.0458 e. The van der Waals surface area contributed by atoms with Crippen molar-refractivity contribution in [1.29, 1.82) is 0 Å². The highest BCUT2D eigenvalue weighted by Crippen LogP contribution is 2.00. The van der Waals surface area contributed by atoms with Crippen LogP contribution in [0.5, 0.6) is 0 Å². The number of aromatic amines is 1. The second-order valence-corrected chi connectivity index (χ2v) is 2.32. The summed E-state index contributed by atoms with van der Waals surface area (Å²) in [4.78, 5) is 3.05. The van der Waals surface area contributed by atoms with E-state index >= 15 is 0 Å². The Morgan fingerprint density at radius 1 is 1.09 bits per heavy atom. The molecule has 0 aromatic carbocycles. The molecular weight excluding hydrogens is 134 g/mol. The molecule has 0 aliphatic rings. The molecule has 0 radical (unpaired) electrons. The highest BCUT2D eigenvalue weighted by molar-refractivity contribution is 5.61. The topological polar surface area (TPSA) is 15.8 Å². The fourth-order valence-electron chi connectivity index (χ4n) is 1.02. The zero-order valence-corrected chi connectivity index (χ0v) is 6.48. The molecule has 0 aliphatic carbocycles. The third kappa shape index (κ3) is 1.05. The van der Waals surface area contributed by atoms with Gasteiger partial charge in [0.2, 0.25) is 0 Å². The maximum absolute atomic E-state index is 3.85. The van der Waals surface area contributed by atoms with Gasteiger partial charge in [0.15, 0.2) is 0 Å². The van der Waals surface area contributed by atoms with E-state index in [9.17, 15) is 0 Å². The Kier molecular flexibility index (Phi) is 1.81. The molecule has 0 atom stereocenters. The van der Waals surface area contributed by atoms with Crippen LogP contribution in [0.1, 0.15) is 11.3 Å². The zero-order valence-electron chi connectivity index (χ0n) is 6.48. The fraction of sp³-hybridized carbons (Fsp3) is 0. The van der Waals surface area contributed by atoms with Gasteiger partial charge < -0.3 is 4.98 Å². The third-order valence-electron chi connectivity index (χ3n) is 1.67. The van der Waals surface area contributed by atoms with E-state index in [0.717, 1.165) is 21.8 Å². The Bertz CT molecular complexity index is 382. The molecule has 1 nitrogen and oxygen atoms in total. The van der Waals surface area contributed by atoms with Gasteiger partial charge in [-0.25, -0.2) is 0 Å². The lowest BCUT2D eigenvalue weighted by atomic mass is 10.2. The molecule has 1 heteroatoms. The summed E-state index contributed by atoms with van der Waals surface area (Å²) >= 11 is 0. The van der Waals surface area contributed by atoms with Crippen LogP contribution < -0.4 is 10.6 Å². The highest BCUT2D eigenvalue weighted by Gasteiger charge is 1.97. The van der Waals surface area contributed by atoms with Crippen LogP contribution in [0, 0.1) is 0 Å². The summed E-state index contributed by atoms with van der Waals surface area (Å²) in [7, 11) is 0. The van der Waals surface area contributed by atoms with Gasteiger partial charge in [-0.1, -0.05) is 32.4 Å². The molecule has 1 heterocycles. The van der Waals surface area contributed by atoms with E-state index < -0.39 is 0 Å². The number of hydrogen-bond donors (Lipinski definition) is 1. The van der Waals surface area contributed by atoms with Crippen LogP contribution in [-0.2, 0) is 0 Å². The Morgan fingerprint density at radius 3 is 2.09 bits per heavy atom. The van der Waals surface area contributed by atoms with Crippen LogP contribution in [0.4, 0.5) is 0 Å². The predicted molar refractivity (Wildman–Crippen MR) is 51.3 cm³/mol. The third-order valence-corrected chi connectivity index (χ3v) is 1.67. The monoisotopic (exact) mass is 145 g/mol. The second kappa shape index (κ2) is 2.62. The van der Waals surface area contributed by atoms with E-state index in [-0.39, 0.29) is 0 Å². The molecule has 0 unspecified atom stereocenters. The van der Waals surface area contributed by atoms with Crippen molar-refractivity contribution in [3.8, 4) is 0 Å². The summed E-state index contributed by atoms with van der Waals surface area (Å²) in [6.07, 6.45) is 3.49. The molecule has 1 rings (SSSR count). The van der Waals surface area contributed by atoms with Crippen LogP contribution in [0.25, 0.3) is 25.3 Å². The van der Waals surface area contributed by atoms with E-state index in [1.165, 1.54) is 0 Å². The van der Waals surface area contributed by atoms with Gasteiger partial charge in [0.1, 0.15) is 0 Å². The number of hydrogen-bond acceptors (Lipinski definition) is 0. The number of aromatic nitrogens is 1. The lowest BCUT2D eigenvalue weighted by Crippen LogP contribution is -2.19. The van der Waals surface area contributed by atoms with Gasteiger partial charge in [0, 0.05) is 16.6 Å². The van der Waals surface area contributed by atoms with Crippen molar-refractivity contribution in [2.24, 2.45) is 0 Å². The van der Waals surface area contributed by atoms with Crippen molar-refractivity contribution >= 4 is 25.3 Å². The molecule has 1 N–H and O–H groups in total. The predicted octanol–water partition coefficient (Wildman–Crippen LogP) is 1.12. The van der Waals surface area contributed by atoms with Crippen molar-refractivity contribution < 1.29 is 0 Å². The van der Waals surface area contributed by atoms with Crippen molar-refractivity contribution in [3.63, 3.8) is 0 Å². The van der Waals surface area contributed by atoms with E-state index in [0.29, 0.717) is 0 Å². The minimum Gasteiger partial charge on any atom is -0.355 e. The van der Waals surface area contributed by atoms with Gasteiger partial charge in [-0.05, 0) is 11.3 Å². The minimum absolute atomic E-state index is 0.829. The summed E-state index contributed by atoms with van der Waals surface area (Å²) in [5.41, 5.74) is 1.93. The first-order valence-electron chi connectivity index (χ1n) is 3.35. The standard InChI is InChI=1S/C10H11N/c1-5-9-7(3)8(4)11-10(9)6-2/h5-6,11H,1-4H2. The zero-order chi connectivity index (χ0) is 8.43. The Labute approximate surface area is 66.1 Å². The van der Waals surface area contributed by atoms with Crippen LogP contribution in [0.2, 0.25) is 0 Å². The Morgan fingerprint density at radius 2 is 1.73 bits per heavy atom. The fourth-order valence-corrected chi connectivity index (χ4v) is 1.02. The first kappa shape index (κ1) is 7.61. The summed E-state index contributed by atoms with van der Waals surface area (Å²) in [5, 5.41) is 1.73. The van der Waals surface area contributed by atoms with E-state index in [2.05, 4.69) is 31.3 Å². The molecule has 0 bridgehead atoms. The first-order chi connectivity index (χ1) is 5.20. The van der Waals surface area contributed by atoms with Gasteiger partial charge in [-0.2, -0.15) is 0 Å². The summed E-state index contributed by atoms with van der Waals surface area (Å²) in [5.74, 6) is 0. The van der Waals surface area contributed by atoms with Gasteiger partial charge in [0.05, 0.1) is 0 Å². The second-order valence-electron chi connectivity index (χ2n) is 2.32. The van der Waals surface area contributed by atoms with E-state index in [1.54, 1.807) is 12.2 Å². The van der Waals surface area contributed by atoms with Crippen LogP contribution in [0.15, 0.2) is 13.2 Å². The molecular formula is C10H11N. The Balaban J connectivity index is 3.64. The van der Waals surface area contributed by atoms with Crippen molar-refractivity contribution in [3.05, 3.63) is 35.0 Å². The number of H-pyrrole nitrogens is 1. The first-order valence-corrected chi connectivity index (χ1v) is 3.35. The maximum atomic E-state index is 3.85. The normalized spacial score (nSPS) is 9.45. The molecule has 0 saturated carbocycles. The van der Waals surface area contributed by atoms with E-state index in [1.807, 2.05) is 0 Å². The molecule has 56 valence electrons. The number of rotatable bonds is 2. The van der Waals surface area contributed by atoms with Crippen molar-refractivity contribution in [1.82, 2.24) is 4.98 Å². The molecule has 0 aliphatic heterocycles. The molecule has 11 heavy (non-hydrogen) atoms. The molecule has 0 spiro atoms. The molecule has 0 fully saturated rings. The Hall–Kier alpha value is -1.50. The van der Waals surface area contributed by atoms with Crippen molar-refractivity contribution in [2.45, 2.75) is 0 Å². The largest absolute Gasteiger partial charge is 0.355 e. The maximum Gasteiger partial charge on any atom is 0.0458 e. The summed E-state index contributed by atoms with van der Waals surface area (Å²) < 4.78 is 0. The van der Waals surface area contributed by atoms with Gasteiger partial charge in [0.25, 0.3) is 0 Å². The molecule has 0 amide bonds. The average Bonchev–Trinajstić information content (AvgIpc) is 2.28. The molecule has 1 aromatic rings. The summed E-state index contributed by atoms with van der Waals surface area (Å²) in [6, 6.07) is 0. The van der Waals surface area contributed by atoms with Gasteiger partial charge in [-0.15, -0.1) is 0 Å². The van der Waals surface area contributed by atoms with E-state index in [4.69, 9.17) is 0 Å². The van der Waals surface area contributed by atoms with Crippen LogP contribution >= 0.6 is 0 Å². The van der Waals surface area contributed by atoms with Gasteiger partial charge >= 0.3 is 0 Å². The number of nitrogens with one attached hydrogen (secondary N) is 1. The van der Waals surface area contributed by atoms with Gasteiger partial charge in [-0.3, -0.25) is 0 Å². The average molecular weight is 145 g/mol. The lowest BCUT2D eigenvalue weighted by molar-refractivity contribution is 1.30. The van der Waals surface area contributed by atoms with Crippen molar-refractivity contribution in [2.75, 3.05) is 0 Å². The quantitative estimate of drug-likeness (QED) is 0.642. The lowest BCUT2D eigenvalue weighted by Gasteiger charge is -1.87. The van der Waals surface area contributed by atoms with Crippen LogP contribution in [-0.4, -0.2) is 4.98 Å². The minimum atomic E-state index is 0.829. The SMILES string of the molecule is C=Cc1[nH]c(=C)c(=C)c1C=C. The highest BCUT2D eigenvalue weighted by atomic mass is 14.7. The summed E-state index contributed by atoms with van der Waals surface area (Å²) in [6.45, 7) is 15.0. The molecule has 1 aromatic heterocycles. The molecule has 0 saturated heterocycles. The van der Waals surface area contributed by atoms with Crippen LogP contribution in [0.3, 0.4) is 0 Å².